The zero-order valence-corrected chi connectivity index (χ0v) is 15.9. The molecule has 2 unspecified atom stereocenters. The Bertz CT molecular complexity index is 476. The first-order valence-corrected chi connectivity index (χ1v) is 9.28. The molecule has 2 fully saturated rings. The number of ether oxygens (including phenoxy) is 2. The molecule has 136 valence electrons. The largest absolute Gasteiger partial charge is 1.00 e. The lowest BCUT2D eigenvalue weighted by molar-refractivity contribution is -0.908. The number of hydrogen-bond acceptors (Lipinski definition) is 2. The van der Waals surface area contributed by atoms with Crippen LogP contribution in [0.15, 0.2) is 30.3 Å². The van der Waals surface area contributed by atoms with Crippen LogP contribution in [-0.4, -0.2) is 45.6 Å². The smallest absolute Gasteiger partial charge is 0.101 e. The number of morpholine rings is 1. The Kier molecular flexibility index (Phi) is 7.55. The highest BCUT2D eigenvalue weighted by molar-refractivity contribution is 5.26. The second kappa shape index (κ2) is 9.19. The maximum absolute atomic E-state index is 6.08. The van der Waals surface area contributed by atoms with E-state index in [-0.39, 0.29) is 12.4 Å². The van der Waals surface area contributed by atoms with Gasteiger partial charge in [0.05, 0.1) is 25.9 Å². The summed E-state index contributed by atoms with van der Waals surface area (Å²) in [6.45, 7) is 10.9. The number of quaternary nitrogens is 1. The van der Waals surface area contributed by atoms with Crippen LogP contribution < -0.4 is 17.3 Å². The molecule has 1 aromatic rings. The second-order valence-electron chi connectivity index (χ2n) is 7.62. The molecule has 0 saturated carbocycles. The van der Waals surface area contributed by atoms with Gasteiger partial charge in [0.1, 0.15) is 13.1 Å². The van der Waals surface area contributed by atoms with E-state index in [9.17, 15) is 0 Å². The van der Waals surface area contributed by atoms with E-state index in [0.29, 0.717) is 17.4 Å². The molecule has 0 radical (unpaired) electrons. The summed E-state index contributed by atoms with van der Waals surface area (Å²) in [5.41, 5.74) is 1.81. The number of halogens is 1. The average Bonchev–Trinajstić information content (AvgIpc) is 2.62. The van der Waals surface area contributed by atoms with Gasteiger partial charge in [-0.25, -0.2) is 0 Å². The summed E-state index contributed by atoms with van der Waals surface area (Å²) in [5, 5.41) is 0. The molecule has 3 rings (SSSR count). The molecule has 0 amide bonds. The topological polar surface area (TPSA) is 22.9 Å². The molecule has 2 atom stereocenters. The highest BCUT2D eigenvalue weighted by Crippen LogP contribution is 2.41. The van der Waals surface area contributed by atoms with Gasteiger partial charge in [0.25, 0.3) is 0 Å². The normalized spacial score (nSPS) is 28.5. The highest BCUT2D eigenvalue weighted by Gasteiger charge is 2.40. The van der Waals surface area contributed by atoms with Gasteiger partial charge in [-0.3, -0.25) is 0 Å². The Balaban J connectivity index is 0.00000208. The zero-order chi connectivity index (χ0) is 16.1. The minimum atomic E-state index is 0. The van der Waals surface area contributed by atoms with Crippen molar-refractivity contribution in [2.75, 3.05) is 39.5 Å². The van der Waals surface area contributed by atoms with Crippen molar-refractivity contribution in [3.05, 3.63) is 35.9 Å². The van der Waals surface area contributed by atoms with Gasteiger partial charge in [0.2, 0.25) is 0 Å². The highest BCUT2D eigenvalue weighted by atomic mass is 35.5. The minimum Gasteiger partial charge on any atom is -1.00 e. The molecule has 2 saturated heterocycles. The predicted molar refractivity (Wildman–Crippen MR) is 92.9 cm³/mol. The number of hydrogen-bond donors (Lipinski definition) is 1. The van der Waals surface area contributed by atoms with Crippen LogP contribution >= 0.6 is 0 Å². The monoisotopic (exact) mass is 353 g/mol. The van der Waals surface area contributed by atoms with Crippen LogP contribution in [0.1, 0.15) is 38.7 Å². The zero-order valence-electron chi connectivity index (χ0n) is 15.1. The number of rotatable bonds is 5. The molecule has 1 aromatic carbocycles. The van der Waals surface area contributed by atoms with E-state index in [4.69, 9.17) is 9.47 Å². The van der Waals surface area contributed by atoms with Gasteiger partial charge in [0.15, 0.2) is 0 Å². The Labute approximate surface area is 153 Å². The summed E-state index contributed by atoms with van der Waals surface area (Å²) in [7, 11) is 0. The van der Waals surface area contributed by atoms with Crippen molar-refractivity contribution in [2.24, 2.45) is 5.92 Å². The lowest BCUT2D eigenvalue weighted by Crippen LogP contribution is -3.14. The third-order valence-corrected chi connectivity index (χ3v) is 5.79. The predicted octanol–water partition coefficient (Wildman–Crippen LogP) is -0.931. The van der Waals surface area contributed by atoms with Crippen LogP contribution in [0.4, 0.5) is 0 Å². The fraction of sp³-hybridized carbons (Fsp3) is 0.700. The van der Waals surface area contributed by atoms with Crippen molar-refractivity contribution in [3.63, 3.8) is 0 Å². The summed E-state index contributed by atoms with van der Waals surface area (Å²) < 4.78 is 11.6. The molecular formula is C20H32ClNO2. The van der Waals surface area contributed by atoms with Crippen molar-refractivity contribution in [3.8, 4) is 0 Å². The van der Waals surface area contributed by atoms with E-state index in [0.717, 1.165) is 39.3 Å². The van der Waals surface area contributed by atoms with E-state index < -0.39 is 0 Å². The van der Waals surface area contributed by atoms with E-state index >= 15 is 0 Å². The molecule has 24 heavy (non-hydrogen) atoms. The van der Waals surface area contributed by atoms with E-state index in [1.165, 1.54) is 24.9 Å². The van der Waals surface area contributed by atoms with E-state index in [2.05, 4.69) is 44.2 Å². The van der Waals surface area contributed by atoms with E-state index in [1.54, 1.807) is 4.90 Å². The first-order valence-electron chi connectivity index (χ1n) is 9.28. The number of nitrogens with one attached hydrogen (secondary N) is 1. The summed E-state index contributed by atoms with van der Waals surface area (Å²) in [6.07, 6.45) is 3.98. The van der Waals surface area contributed by atoms with Gasteiger partial charge in [-0.05, 0) is 24.3 Å². The van der Waals surface area contributed by atoms with Crippen molar-refractivity contribution < 1.29 is 26.8 Å². The maximum Gasteiger partial charge on any atom is 0.101 e. The molecule has 4 heteroatoms. The van der Waals surface area contributed by atoms with Gasteiger partial charge in [-0.15, -0.1) is 0 Å². The average molecular weight is 354 g/mol. The molecule has 2 aliphatic heterocycles. The van der Waals surface area contributed by atoms with Gasteiger partial charge < -0.3 is 26.8 Å². The molecule has 0 bridgehead atoms. The van der Waals surface area contributed by atoms with Gasteiger partial charge >= 0.3 is 0 Å². The molecule has 3 nitrogen and oxygen atoms in total. The molecule has 2 aliphatic rings. The van der Waals surface area contributed by atoms with Crippen LogP contribution in [0, 0.1) is 5.92 Å². The van der Waals surface area contributed by atoms with Crippen molar-refractivity contribution in [1.29, 1.82) is 0 Å². The molecule has 0 spiro atoms. The minimum absolute atomic E-state index is 0. The third kappa shape index (κ3) is 4.72. The molecule has 2 heterocycles. The van der Waals surface area contributed by atoms with Gasteiger partial charge in [-0.1, -0.05) is 44.2 Å². The lowest BCUT2D eigenvalue weighted by atomic mass is 9.68. The third-order valence-electron chi connectivity index (χ3n) is 5.79. The maximum atomic E-state index is 6.08. The van der Waals surface area contributed by atoms with Crippen molar-refractivity contribution in [1.82, 2.24) is 0 Å². The lowest BCUT2D eigenvalue weighted by Gasteiger charge is -2.43. The standard InChI is InChI=1S/C20H31NO2.ClH/c1-17(2)19-16-20(9-13-23-19,18-6-4-3-5-7-18)8-10-21-11-14-22-15-12-21;/h3-7,17,19H,8-16H2,1-2H3;1H. The Morgan fingerprint density at radius 1 is 1.12 bits per heavy atom. The molecule has 0 aliphatic carbocycles. The summed E-state index contributed by atoms with van der Waals surface area (Å²) in [6, 6.07) is 11.2. The van der Waals surface area contributed by atoms with Gasteiger partial charge in [0, 0.05) is 18.4 Å². The van der Waals surface area contributed by atoms with Crippen LogP contribution in [0.3, 0.4) is 0 Å². The van der Waals surface area contributed by atoms with Crippen LogP contribution in [0.25, 0.3) is 0 Å². The summed E-state index contributed by atoms with van der Waals surface area (Å²) >= 11 is 0. The van der Waals surface area contributed by atoms with E-state index in [1.807, 2.05) is 0 Å². The first kappa shape index (κ1) is 19.7. The van der Waals surface area contributed by atoms with Crippen LogP contribution in [-0.2, 0) is 14.9 Å². The Hall–Kier alpha value is -0.610. The van der Waals surface area contributed by atoms with Gasteiger partial charge in [-0.2, -0.15) is 0 Å². The van der Waals surface area contributed by atoms with Crippen molar-refractivity contribution in [2.45, 2.75) is 44.6 Å². The second-order valence-corrected chi connectivity index (χ2v) is 7.62. The van der Waals surface area contributed by atoms with Crippen molar-refractivity contribution >= 4 is 0 Å². The Morgan fingerprint density at radius 3 is 2.50 bits per heavy atom. The Morgan fingerprint density at radius 2 is 1.83 bits per heavy atom. The fourth-order valence-corrected chi connectivity index (χ4v) is 4.13. The summed E-state index contributed by atoms with van der Waals surface area (Å²) in [5.74, 6) is 0.592. The molecule has 1 N–H and O–H groups in total. The fourth-order valence-electron chi connectivity index (χ4n) is 4.13. The van der Waals surface area contributed by atoms with Crippen LogP contribution in [0.2, 0.25) is 0 Å². The molecular weight excluding hydrogens is 322 g/mol. The quantitative estimate of drug-likeness (QED) is 0.739. The first-order chi connectivity index (χ1) is 11.2. The summed E-state index contributed by atoms with van der Waals surface area (Å²) in [4.78, 5) is 1.71. The van der Waals surface area contributed by atoms with Crippen LogP contribution in [0.5, 0.6) is 0 Å². The number of benzene rings is 1. The SMILES string of the molecule is CC(C)C1CC(CC[NH+]2CCOCC2)(c2ccccc2)CCO1.[Cl-]. The molecule has 0 aromatic heterocycles.